The van der Waals surface area contributed by atoms with Crippen molar-refractivity contribution in [1.29, 1.82) is 0 Å². The van der Waals surface area contributed by atoms with Crippen molar-refractivity contribution >= 4 is 0 Å². The molecular formula is C26H53NO4. The van der Waals surface area contributed by atoms with Crippen LogP contribution in [0.25, 0.3) is 0 Å². The fourth-order valence-electron chi connectivity index (χ4n) is 4.04. The average molecular weight is 444 g/mol. The average Bonchev–Trinajstić information content (AvgIpc) is 2.78. The number of nitrogens with zero attached hydrogens (tertiary/aromatic N) is 1. The first-order chi connectivity index (χ1) is 15.2. The van der Waals surface area contributed by atoms with Crippen molar-refractivity contribution < 1.29 is 18.9 Å². The topological polar surface area (TPSA) is 40.2 Å². The molecule has 0 aliphatic carbocycles. The Morgan fingerprint density at radius 2 is 1.13 bits per heavy atom. The fourth-order valence-corrected chi connectivity index (χ4v) is 4.04. The summed E-state index contributed by atoms with van der Waals surface area (Å²) < 4.78 is 25.6. The van der Waals surface area contributed by atoms with E-state index >= 15 is 0 Å². The fraction of sp³-hybridized carbons (Fsp3) is 1.00. The van der Waals surface area contributed by atoms with Crippen LogP contribution in [-0.4, -0.2) is 75.4 Å². The van der Waals surface area contributed by atoms with E-state index in [-0.39, 0.29) is 24.4 Å². The number of piperidine rings is 1. The molecule has 1 aliphatic heterocycles. The van der Waals surface area contributed by atoms with Crippen LogP contribution in [0.3, 0.4) is 0 Å². The second-order valence-electron chi connectivity index (χ2n) is 8.99. The third-order valence-corrected chi connectivity index (χ3v) is 6.13. The van der Waals surface area contributed by atoms with Crippen molar-refractivity contribution in [2.45, 2.75) is 123 Å². The van der Waals surface area contributed by atoms with Gasteiger partial charge in [-0.05, 0) is 38.6 Å². The van der Waals surface area contributed by atoms with Crippen molar-refractivity contribution in [3.05, 3.63) is 0 Å². The molecule has 0 spiro atoms. The highest BCUT2D eigenvalue weighted by Crippen LogP contribution is 2.28. The molecule has 0 N–H and O–H groups in total. The van der Waals surface area contributed by atoms with E-state index < -0.39 is 0 Å². The van der Waals surface area contributed by atoms with Gasteiger partial charge in [-0.15, -0.1) is 0 Å². The Hall–Kier alpha value is -0.200. The Morgan fingerprint density at radius 1 is 0.613 bits per heavy atom. The van der Waals surface area contributed by atoms with E-state index in [0.717, 1.165) is 97.5 Å². The minimum atomic E-state index is -0.0158. The molecule has 5 nitrogen and oxygen atoms in total. The first kappa shape index (κ1) is 28.8. The lowest BCUT2D eigenvalue weighted by Crippen LogP contribution is -2.65. The molecule has 0 radical (unpaired) electrons. The standard InChI is InChI=1S/C26H53NO4/c1-6-11-16-27-21-24(29-18-13-8-3)26(31-20-15-10-5)25(30-19-14-9-4)23(27)22-28-17-12-7-2/h23-26H,6-22H2,1-5H3/t23-,24-,25-,26-/m1/s1. The SMILES string of the molecule is CCCCOC[C@@H]1[C@@H](OCCCC)[C@H](OCCCC)[C@H](OCCCC)CN1CCCC. The van der Waals surface area contributed by atoms with E-state index in [0.29, 0.717) is 0 Å². The molecule has 4 atom stereocenters. The van der Waals surface area contributed by atoms with Gasteiger partial charge in [0.1, 0.15) is 12.2 Å². The van der Waals surface area contributed by atoms with Crippen LogP contribution in [-0.2, 0) is 18.9 Å². The second kappa shape index (κ2) is 19.3. The molecule has 0 bridgehead atoms. The molecule has 0 saturated carbocycles. The number of rotatable bonds is 20. The van der Waals surface area contributed by atoms with Gasteiger partial charge in [0.05, 0.1) is 18.8 Å². The lowest BCUT2D eigenvalue weighted by molar-refractivity contribution is -0.201. The lowest BCUT2D eigenvalue weighted by atomic mass is 9.92. The van der Waals surface area contributed by atoms with Crippen molar-refractivity contribution in [2.75, 3.05) is 46.1 Å². The molecule has 0 amide bonds. The summed E-state index contributed by atoms with van der Waals surface area (Å²) >= 11 is 0. The zero-order valence-corrected chi connectivity index (χ0v) is 21.4. The largest absolute Gasteiger partial charge is 0.380 e. The molecular weight excluding hydrogens is 390 g/mol. The molecule has 1 fully saturated rings. The van der Waals surface area contributed by atoms with Gasteiger partial charge in [0, 0.05) is 33.0 Å². The van der Waals surface area contributed by atoms with Crippen LogP contribution >= 0.6 is 0 Å². The number of hydrogen-bond acceptors (Lipinski definition) is 5. The van der Waals surface area contributed by atoms with E-state index in [1.54, 1.807) is 0 Å². The summed E-state index contributed by atoms with van der Waals surface area (Å²) in [5.41, 5.74) is 0. The van der Waals surface area contributed by atoms with Crippen LogP contribution in [0.15, 0.2) is 0 Å². The summed E-state index contributed by atoms with van der Waals surface area (Å²) in [4.78, 5) is 2.57. The number of hydrogen-bond donors (Lipinski definition) is 0. The predicted molar refractivity (Wildman–Crippen MR) is 130 cm³/mol. The Bertz CT molecular complexity index is 394. The van der Waals surface area contributed by atoms with Crippen molar-refractivity contribution in [3.63, 3.8) is 0 Å². The van der Waals surface area contributed by atoms with Crippen molar-refractivity contribution in [1.82, 2.24) is 4.90 Å². The van der Waals surface area contributed by atoms with Gasteiger partial charge in [0.15, 0.2) is 0 Å². The molecule has 0 aromatic rings. The second-order valence-corrected chi connectivity index (χ2v) is 8.99. The van der Waals surface area contributed by atoms with Gasteiger partial charge in [-0.3, -0.25) is 4.90 Å². The molecule has 31 heavy (non-hydrogen) atoms. The Morgan fingerprint density at radius 3 is 1.71 bits per heavy atom. The summed E-state index contributed by atoms with van der Waals surface area (Å²) in [6.07, 6.45) is 11.4. The lowest BCUT2D eigenvalue weighted by Gasteiger charge is -2.48. The van der Waals surface area contributed by atoms with Crippen LogP contribution in [0.2, 0.25) is 0 Å². The maximum atomic E-state index is 6.56. The smallest absolute Gasteiger partial charge is 0.113 e. The van der Waals surface area contributed by atoms with Gasteiger partial charge < -0.3 is 18.9 Å². The summed E-state index contributed by atoms with van der Waals surface area (Å²) in [7, 11) is 0. The zero-order valence-electron chi connectivity index (χ0n) is 21.4. The normalized spacial score (nSPS) is 24.7. The maximum absolute atomic E-state index is 6.56. The van der Waals surface area contributed by atoms with Crippen molar-refractivity contribution in [3.8, 4) is 0 Å². The highest BCUT2D eigenvalue weighted by Gasteiger charge is 2.45. The molecule has 1 rings (SSSR count). The van der Waals surface area contributed by atoms with Crippen LogP contribution in [0.1, 0.15) is 98.8 Å². The maximum Gasteiger partial charge on any atom is 0.113 e. The summed E-state index contributed by atoms with van der Waals surface area (Å²) in [6.45, 7) is 17.0. The van der Waals surface area contributed by atoms with E-state index in [1.165, 1.54) is 12.8 Å². The highest BCUT2D eigenvalue weighted by atomic mass is 16.6. The summed E-state index contributed by atoms with van der Waals surface area (Å²) in [5.74, 6) is 0. The van der Waals surface area contributed by atoms with Gasteiger partial charge in [0.25, 0.3) is 0 Å². The minimum Gasteiger partial charge on any atom is -0.380 e. The molecule has 1 aliphatic rings. The zero-order chi connectivity index (χ0) is 22.7. The summed E-state index contributed by atoms with van der Waals surface area (Å²) in [5, 5.41) is 0. The third kappa shape index (κ3) is 11.5. The predicted octanol–water partition coefficient (Wildman–Crippen LogP) is 5.84. The van der Waals surface area contributed by atoms with Gasteiger partial charge in [-0.25, -0.2) is 0 Å². The van der Waals surface area contributed by atoms with Gasteiger partial charge in [0.2, 0.25) is 0 Å². The third-order valence-electron chi connectivity index (χ3n) is 6.13. The van der Waals surface area contributed by atoms with Gasteiger partial charge in [-0.1, -0.05) is 66.7 Å². The number of ether oxygens (including phenoxy) is 4. The Labute approximate surface area is 193 Å². The first-order valence-corrected chi connectivity index (χ1v) is 13.4. The number of unbranched alkanes of at least 4 members (excludes halogenated alkanes) is 5. The quantitative estimate of drug-likeness (QED) is 0.221. The van der Waals surface area contributed by atoms with Gasteiger partial charge >= 0.3 is 0 Å². The van der Waals surface area contributed by atoms with Crippen LogP contribution in [0.4, 0.5) is 0 Å². The van der Waals surface area contributed by atoms with E-state index in [9.17, 15) is 0 Å². The Kier molecular flexibility index (Phi) is 17.9. The summed E-state index contributed by atoms with van der Waals surface area (Å²) in [6, 6.07) is 0.234. The van der Waals surface area contributed by atoms with Crippen LogP contribution < -0.4 is 0 Å². The minimum absolute atomic E-state index is 0.00210. The molecule has 0 unspecified atom stereocenters. The molecule has 5 heteroatoms. The van der Waals surface area contributed by atoms with Gasteiger partial charge in [-0.2, -0.15) is 0 Å². The van der Waals surface area contributed by atoms with E-state index in [4.69, 9.17) is 18.9 Å². The molecule has 1 heterocycles. The highest BCUT2D eigenvalue weighted by molar-refractivity contribution is 4.97. The van der Waals surface area contributed by atoms with Crippen LogP contribution in [0, 0.1) is 0 Å². The molecule has 186 valence electrons. The number of likely N-dealkylation sites (tertiary alicyclic amines) is 1. The van der Waals surface area contributed by atoms with Crippen molar-refractivity contribution in [2.24, 2.45) is 0 Å². The Balaban J connectivity index is 3.02. The first-order valence-electron chi connectivity index (χ1n) is 13.4. The van der Waals surface area contributed by atoms with E-state index in [1.807, 2.05) is 0 Å². The van der Waals surface area contributed by atoms with Crippen LogP contribution in [0.5, 0.6) is 0 Å². The van der Waals surface area contributed by atoms with E-state index in [2.05, 4.69) is 39.5 Å². The molecule has 0 aromatic carbocycles. The molecule has 0 aromatic heterocycles. The monoisotopic (exact) mass is 443 g/mol. The molecule has 1 saturated heterocycles.